The minimum Gasteiger partial charge on any atom is -0.388 e. The van der Waals surface area contributed by atoms with Crippen LogP contribution in [-0.4, -0.2) is 5.11 Å². The molecule has 20 heavy (non-hydrogen) atoms. The highest BCUT2D eigenvalue weighted by Gasteiger charge is 2.34. The molecule has 0 aliphatic carbocycles. The quantitative estimate of drug-likeness (QED) is 0.852. The maximum Gasteiger partial charge on any atom is 0.416 e. The van der Waals surface area contributed by atoms with Crippen LogP contribution in [-0.2, 0) is 12.6 Å². The molecule has 0 saturated carbocycles. The fourth-order valence-corrected chi connectivity index (χ4v) is 2.26. The van der Waals surface area contributed by atoms with Crippen LogP contribution in [0, 0.1) is 0 Å². The summed E-state index contributed by atoms with van der Waals surface area (Å²) in [4.78, 5) is 0. The highest BCUT2D eigenvalue weighted by Crippen LogP contribution is 2.35. The summed E-state index contributed by atoms with van der Waals surface area (Å²) in [5.74, 6) is 0. The van der Waals surface area contributed by atoms with E-state index in [9.17, 15) is 18.3 Å². The number of halogens is 4. The molecule has 2 rings (SSSR count). The van der Waals surface area contributed by atoms with Crippen LogP contribution in [0.2, 0.25) is 0 Å². The van der Waals surface area contributed by atoms with Crippen molar-refractivity contribution >= 4 is 15.9 Å². The average Bonchev–Trinajstić information content (AvgIpc) is 2.40. The van der Waals surface area contributed by atoms with Gasteiger partial charge in [0.15, 0.2) is 0 Å². The van der Waals surface area contributed by atoms with Crippen LogP contribution >= 0.6 is 15.9 Å². The Labute approximate surface area is 123 Å². The number of aliphatic hydroxyl groups is 1. The van der Waals surface area contributed by atoms with Crippen LogP contribution < -0.4 is 0 Å². The van der Waals surface area contributed by atoms with Crippen LogP contribution in [0.4, 0.5) is 13.2 Å². The molecule has 0 aromatic heterocycles. The van der Waals surface area contributed by atoms with Gasteiger partial charge in [-0.25, -0.2) is 0 Å². The van der Waals surface area contributed by atoms with E-state index >= 15 is 0 Å². The molecule has 0 saturated heterocycles. The molecular weight excluding hydrogens is 333 g/mol. The lowest BCUT2D eigenvalue weighted by molar-refractivity contribution is -0.139. The first-order valence-corrected chi connectivity index (χ1v) is 6.76. The van der Waals surface area contributed by atoms with Gasteiger partial charge in [-0.3, -0.25) is 0 Å². The van der Waals surface area contributed by atoms with E-state index in [1.54, 1.807) is 24.3 Å². The molecule has 1 unspecified atom stereocenters. The second-order valence-electron chi connectivity index (χ2n) is 4.43. The molecule has 0 heterocycles. The monoisotopic (exact) mass is 344 g/mol. The van der Waals surface area contributed by atoms with E-state index in [0.29, 0.717) is 0 Å². The number of hydrogen-bond acceptors (Lipinski definition) is 1. The lowest BCUT2D eigenvalue weighted by atomic mass is 9.97. The summed E-state index contributed by atoms with van der Waals surface area (Å²) in [5.41, 5.74) is -0.106. The number of alkyl halides is 3. The van der Waals surface area contributed by atoms with Crippen LogP contribution in [0.5, 0.6) is 0 Å². The standard InChI is InChI=1S/C15H12BrF3O/c16-11-7-5-10(6-8-11)9-14(20)12-3-1-2-4-13(12)15(17,18)19/h1-8,14,20H,9H2. The summed E-state index contributed by atoms with van der Waals surface area (Å²) in [5, 5.41) is 10.1. The molecule has 1 nitrogen and oxygen atoms in total. The summed E-state index contributed by atoms with van der Waals surface area (Å²) in [7, 11) is 0. The number of hydrogen-bond donors (Lipinski definition) is 1. The molecule has 2 aromatic rings. The van der Waals surface area contributed by atoms with Crippen molar-refractivity contribution in [1.29, 1.82) is 0 Å². The average molecular weight is 345 g/mol. The van der Waals surface area contributed by atoms with Gasteiger partial charge in [-0.2, -0.15) is 13.2 Å². The zero-order valence-corrected chi connectivity index (χ0v) is 11.9. The second kappa shape index (κ2) is 5.97. The van der Waals surface area contributed by atoms with E-state index in [4.69, 9.17) is 0 Å². The third-order valence-electron chi connectivity index (χ3n) is 2.97. The predicted octanol–water partition coefficient (Wildman–Crippen LogP) is 4.74. The Morgan fingerprint density at radius 3 is 2.20 bits per heavy atom. The van der Waals surface area contributed by atoms with E-state index in [2.05, 4.69) is 15.9 Å². The highest BCUT2D eigenvalue weighted by molar-refractivity contribution is 9.10. The minimum absolute atomic E-state index is 0.0945. The van der Waals surface area contributed by atoms with Gasteiger partial charge in [0, 0.05) is 10.9 Å². The van der Waals surface area contributed by atoms with Crippen molar-refractivity contribution in [1.82, 2.24) is 0 Å². The van der Waals surface area contributed by atoms with Crippen molar-refractivity contribution in [2.45, 2.75) is 18.7 Å². The van der Waals surface area contributed by atoms with Gasteiger partial charge in [0.25, 0.3) is 0 Å². The molecule has 1 N–H and O–H groups in total. The van der Waals surface area contributed by atoms with Crippen molar-refractivity contribution in [3.05, 3.63) is 69.7 Å². The molecule has 0 aliphatic rings. The summed E-state index contributed by atoms with van der Waals surface area (Å²) in [6, 6.07) is 12.2. The molecule has 0 radical (unpaired) electrons. The Balaban J connectivity index is 2.25. The van der Waals surface area contributed by atoms with Crippen molar-refractivity contribution in [3.8, 4) is 0 Å². The SMILES string of the molecule is OC(Cc1ccc(Br)cc1)c1ccccc1C(F)(F)F. The highest BCUT2D eigenvalue weighted by atomic mass is 79.9. The predicted molar refractivity (Wildman–Crippen MR) is 74.2 cm³/mol. The molecule has 5 heteroatoms. The number of rotatable bonds is 3. The Bertz CT molecular complexity index is 578. The first kappa shape index (κ1) is 15.1. The maximum atomic E-state index is 12.9. The largest absolute Gasteiger partial charge is 0.416 e. The van der Waals surface area contributed by atoms with Gasteiger partial charge in [-0.1, -0.05) is 46.3 Å². The summed E-state index contributed by atoms with van der Waals surface area (Å²) in [6.07, 6.45) is -5.51. The van der Waals surface area contributed by atoms with Gasteiger partial charge in [0.05, 0.1) is 11.7 Å². The van der Waals surface area contributed by atoms with E-state index in [1.165, 1.54) is 18.2 Å². The van der Waals surface area contributed by atoms with Crippen LogP contribution in [0.15, 0.2) is 53.0 Å². The van der Waals surface area contributed by atoms with Gasteiger partial charge < -0.3 is 5.11 Å². The van der Waals surface area contributed by atoms with Gasteiger partial charge in [-0.05, 0) is 29.3 Å². The van der Waals surface area contributed by atoms with E-state index in [1.807, 2.05) is 0 Å². The third kappa shape index (κ3) is 3.61. The molecular formula is C15H12BrF3O. The summed E-state index contributed by atoms with van der Waals surface area (Å²) in [6.45, 7) is 0. The van der Waals surface area contributed by atoms with Crippen molar-refractivity contribution in [2.75, 3.05) is 0 Å². The number of aliphatic hydroxyl groups excluding tert-OH is 1. The van der Waals surface area contributed by atoms with E-state index in [0.717, 1.165) is 16.1 Å². The maximum absolute atomic E-state index is 12.9. The molecule has 0 amide bonds. The molecule has 0 spiro atoms. The van der Waals surface area contributed by atoms with Crippen LogP contribution in [0.3, 0.4) is 0 Å². The van der Waals surface area contributed by atoms with Crippen molar-refractivity contribution in [2.24, 2.45) is 0 Å². The van der Waals surface area contributed by atoms with Gasteiger partial charge in [0.2, 0.25) is 0 Å². The summed E-state index contributed by atoms with van der Waals surface area (Å²) < 4.78 is 39.5. The fourth-order valence-electron chi connectivity index (χ4n) is 2.00. The van der Waals surface area contributed by atoms with Gasteiger partial charge in [0.1, 0.15) is 0 Å². The van der Waals surface area contributed by atoms with Crippen molar-refractivity contribution in [3.63, 3.8) is 0 Å². The van der Waals surface area contributed by atoms with Crippen LogP contribution in [0.25, 0.3) is 0 Å². The lowest BCUT2D eigenvalue weighted by Gasteiger charge is -2.17. The topological polar surface area (TPSA) is 20.2 Å². The first-order chi connectivity index (χ1) is 9.38. The van der Waals surface area contributed by atoms with Crippen molar-refractivity contribution < 1.29 is 18.3 Å². The number of benzene rings is 2. The molecule has 2 aromatic carbocycles. The minimum atomic E-state index is -4.46. The molecule has 0 bridgehead atoms. The molecule has 0 fully saturated rings. The Morgan fingerprint density at radius 1 is 1.00 bits per heavy atom. The van der Waals surface area contributed by atoms with E-state index in [-0.39, 0.29) is 12.0 Å². The fraction of sp³-hybridized carbons (Fsp3) is 0.200. The smallest absolute Gasteiger partial charge is 0.388 e. The zero-order valence-electron chi connectivity index (χ0n) is 10.4. The van der Waals surface area contributed by atoms with E-state index < -0.39 is 17.8 Å². The normalized spacial score (nSPS) is 13.2. The Kier molecular flexibility index (Phi) is 4.50. The lowest BCUT2D eigenvalue weighted by Crippen LogP contribution is -2.13. The van der Waals surface area contributed by atoms with Crippen LogP contribution in [0.1, 0.15) is 22.8 Å². The van der Waals surface area contributed by atoms with Gasteiger partial charge >= 0.3 is 6.18 Å². The molecule has 1 atom stereocenters. The zero-order chi connectivity index (χ0) is 14.8. The summed E-state index contributed by atoms with van der Waals surface area (Å²) >= 11 is 3.28. The molecule has 106 valence electrons. The second-order valence-corrected chi connectivity index (χ2v) is 5.35. The Morgan fingerprint density at radius 2 is 1.60 bits per heavy atom. The Hall–Kier alpha value is -1.33. The molecule has 0 aliphatic heterocycles. The van der Waals surface area contributed by atoms with Gasteiger partial charge in [-0.15, -0.1) is 0 Å². The third-order valence-corrected chi connectivity index (χ3v) is 3.50. The first-order valence-electron chi connectivity index (χ1n) is 5.96.